The fourth-order valence-electron chi connectivity index (χ4n) is 2.65. The second-order valence-electron chi connectivity index (χ2n) is 5.52. The van der Waals surface area contributed by atoms with Gasteiger partial charge in [0, 0.05) is 51.1 Å². The van der Waals surface area contributed by atoms with Crippen LogP contribution in [0.3, 0.4) is 0 Å². The second kappa shape index (κ2) is 5.68. The Bertz CT molecular complexity index is 337. The molecule has 0 atom stereocenters. The summed E-state index contributed by atoms with van der Waals surface area (Å²) in [6, 6.07) is 2.16. The summed E-state index contributed by atoms with van der Waals surface area (Å²) < 4.78 is 0. The van der Waals surface area contributed by atoms with Crippen LogP contribution in [0.2, 0.25) is 0 Å². The molecule has 5 nitrogen and oxygen atoms in total. The maximum absolute atomic E-state index is 12.1. The van der Waals surface area contributed by atoms with Gasteiger partial charge in [-0.1, -0.05) is 0 Å². The van der Waals surface area contributed by atoms with Crippen molar-refractivity contribution in [2.75, 3.05) is 32.7 Å². The van der Waals surface area contributed by atoms with Crippen molar-refractivity contribution in [1.82, 2.24) is 9.80 Å². The minimum Gasteiger partial charge on any atom is -0.340 e. The average molecular weight is 250 g/mol. The number of hydrogen-bond acceptors (Lipinski definition) is 4. The van der Waals surface area contributed by atoms with E-state index in [1.807, 2.05) is 4.90 Å². The van der Waals surface area contributed by atoms with Crippen molar-refractivity contribution in [3.8, 4) is 6.07 Å². The van der Waals surface area contributed by atoms with Crippen molar-refractivity contribution in [3.05, 3.63) is 0 Å². The van der Waals surface area contributed by atoms with E-state index in [4.69, 9.17) is 11.0 Å². The quantitative estimate of drug-likeness (QED) is 0.779. The molecule has 1 heterocycles. The number of nitriles is 1. The molecule has 1 saturated heterocycles. The summed E-state index contributed by atoms with van der Waals surface area (Å²) in [6.07, 6.45) is 4.21. The highest BCUT2D eigenvalue weighted by molar-refractivity contribution is 5.77. The van der Waals surface area contributed by atoms with Crippen LogP contribution in [0.25, 0.3) is 0 Å². The van der Waals surface area contributed by atoms with E-state index in [0.29, 0.717) is 12.8 Å². The monoisotopic (exact) mass is 250 g/mol. The van der Waals surface area contributed by atoms with Crippen LogP contribution < -0.4 is 5.73 Å². The molecule has 1 aliphatic heterocycles. The van der Waals surface area contributed by atoms with Gasteiger partial charge >= 0.3 is 0 Å². The number of nitrogens with zero attached hydrogens (tertiary/aromatic N) is 3. The molecule has 0 aromatic rings. The van der Waals surface area contributed by atoms with Gasteiger partial charge in [-0.2, -0.15) is 5.26 Å². The maximum atomic E-state index is 12.1. The fourth-order valence-corrected chi connectivity index (χ4v) is 2.65. The minimum absolute atomic E-state index is 0.206. The van der Waals surface area contributed by atoms with Crippen molar-refractivity contribution in [3.63, 3.8) is 0 Å². The summed E-state index contributed by atoms with van der Waals surface area (Å²) in [4.78, 5) is 16.3. The van der Waals surface area contributed by atoms with Crippen LogP contribution in [-0.2, 0) is 4.79 Å². The van der Waals surface area contributed by atoms with Crippen molar-refractivity contribution >= 4 is 5.91 Å². The van der Waals surface area contributed by atoms with E-state index in [0.717, 1.165) is 52.0 Å². The molecule has 1 aliphatic carbocycles. The van der Waals surface area contributed by atoms with Crippen LogP contribution >= 0.6 is 0 Å². The lowest BCUT2D eigenvalue weighted by atomic mass is 9.75. The van der Waals surface area contributed by atoms with Gasteiger partial charge in [0.1, 0.15) is 0 Å². The van der Waals surface area contributed by atoms with Gasteiger partial charge in [0.25, 0.3) is 0 Å². The highest BCUT2D eigenvalue weighted by atomic mass is 16.2. The number of carbonyl (C=O) groups excluding carboxylic acids is 1. The smallest absolute Gasteiger partial charge is 0.224 e. The Morgan fingerprint density at radius 1 is 1.28 bits per heavy atom. The molecule has 5 heteroatoms. The number of carbonyl (C=O) groups is 1. The molecular weight excluding hydrogens is 228 g/mol. The summed E-state index contributed by atoms with van der Waals surface area (Å²) in [5.41, 5.74) is 5.90. The van der Waals surface area contributed by atoms with Gasteiger partial charge in [-0.3, -0.25) is 9.69 Å². The molecule has 2 N–H and O–H groups in total. The van der Waals surface area contributed by atoms with Crippen LogP contribution in [0.1, 0.15) is 32.1 Å². The van der Waals surface area contributed by atoms with Crippen LogP contribution in [-0.4, -0.2) is 54.0 Å². The Morgan fingerprint density at radius 3 is 2.44 bits per heavy atom. The third-order valence-corrected chi connectivity index (χ3v) is 4.12. The van der Waals surface area contributed by atoms with E-state index in [9.17, 15) is 4.79 Å². The van der Waals surface area contributed by atoms with Crippen molar-refractivity contribution in [1.29, 1.82) is 5.26 Å². The highest BCUT2D eigenvalue weighted by Gasteiger charge is 2.36. The Hall–Kier alpha value is -1.12. The first-order valence-corrected chi connectivity index (χ1v) is 6.79. The molecule has 2 aliphatic rings. The minimum atomic E-state index is -0.213. The highest BCUT2D eigenvalue weighted by Crippen LogP contribution is 2.32. The fraction of sp³-hybridized carbons (Fsp3) is 0.846. The summed E-state index contributed by atoms with van der Waals surface area (Å²) in [6.45, 7) is 4.13. The molecule has 1 saturated carbocycles. The van der Waals surface area contributed by atoms with Crippen LogP contribution in [0.4, 0.5) is 0 Å². The first kappa shape index (κ1) is 13.3. The maximum Gasteiger partial charge on any atom is 0.224 e. The zero-order valence-corrected chi connectivity index (χ0v) is 10.9. The molecule has 2 fully saturated rings. The van der Waals surface area contributed by atoms with Crippen molar-refractivity contribution in [2.24, 2.45) is 5.73 Å². The number of nitrogens with two attached hydrogens (primary N) is 1. The summed E-state index contributed by atoms with van der Waals surface area (Å²) in [5, 5.41) is 8.54. The lowest BCUT2D eigenvalue weighted by Gasteiger charge is -2.40. The molecule has 0 aromatic carbocycles. The van der Waals surface area contributed by atoms with Gasteiger partial charge < -0.3 is 10.6 Å². The zero-order chi connectivity index (χ0) is 13.0. The normalized spacial score (nSPS) is 23.2. The standard InChI is InChI=1S/C13H22N4O/c14-5-2-6-16-7-9-17(10-8-16)12(18)11-13(15)3-1-4-13/h1-4,6-11,15H2. The van der Waals surface area contributed by atoms with Crippen LogP contribution in [0, 0.1) is 11.3 Å². The van der Waals surface area contributed by atoms with E-state index >= 15 is 0 Å². The third-order valence-electron chi connectivity index (χ3n) is 4.12. The van der Waals surface area contributed by atoms with Gasteiger partial charge in [0.15, 0.2) is 0 Å². The van der Waals surface area contributed by atoms with E-state index in [1.165, 1.54) is 0 Å². The Labute approximate surface area is 109 Å². The molecule has 0 bridgehead atoms. The Balaban J connectivity index is 1.72. The topological polar surface area (TPSA) is 73.4 Å². The van der Waals surface area contributed by atoms with Crippen molar-refractivity contribution in [2.45, 2.75) is 37.6 Å². The van der Waals surface area contributed by atoms with Crippen molar-refractivity contribution < 1.29 is 4.79 Å². The van der Waals surface area contributed by atoms with Gasteiger partial charge in [0.05, 0.1) is 6.07 Å². The van der Waals surface area contributed by atoms with Gasteiger partial charge in [-0.05, 0) is 19.3 Å². The largest absolute Gasteiger partial charge is 0.340 e. The molecule has 100 valence electrons. The third kappa shape index (κ3) is 3.21. The number of rotatable bonds is 4. The van der Waals surface area contributed by atoms with E-state index in [1.54, 1.807) is 0 Å². The molecule has 0 radical (unpaired) electrons. The Morgan fingerprint density at radius 2 is 1.94 bits per heavy atom. The summed E-state index contributed by atoms with van der Waals surface area (Å²) in [5.74, 6) is 0.206. The number of piperazine rings is 1. The van der Waals surface area contributed by atoms with Gasteiger partial charge in [-0.15, -0.1) is 0 Å². The average Bonchev–Trinajstić information content (AvgIpc) is 2.35. The second-order valence-corrected chi connectivity index (χ2v) is 5.52. The van der Waals surface area contributed by atoms with Gasteiger partial charge in [-0.25, -0.2) is 0 Å². The van der Waals surface area contributed by atoms with Crippen LogP contribution in [0.15, 0.2) is 0 Å². The van der Waals surface area contributed by atoms with E-state index in [-0.39, 0.29) is 11.4 Å². The zero-order valence-electron chi connectivity index (χ0n) is 10.9. The molecule has 2 rings (SSSR count). The lowest BCUT2D eigenvalue weighted by molar-refractivity contribution is -0.135. The molecule has 0 aromatic heterocycles. The first-order valence-electron chi connectivity index (χ1n) is 6.79. The SMILES string of the molecule is N#CCCN1CCN(C(=O)CC2(N)CCC2)CC1. The van der Waals surface area contributed by atoms with E-state index < -0.39 is 0 Å². The molecule has 0 unspecified atom stereocenters. The Kier molecular flexibility index (Phi) is 4.20. The predicted molar refractivity (Wildman–Crippen MR) is 68.6 cm³/mol. The predicted octanol–water partition coefficient (Wildman–Crippen LogP) is 0.316. The van der Waals surface area contributed by atoms with E-state index in [2.05, 4.69) is 11.0 Å². The molecular formula is C13H22N4O. The number of hydrogen-bond donors (Lipinski definition) is 1. The number of amides is 1. The van der Waals surface area contributed by atoms with Crippen LogP contribution in [0.5, 0.6) is 0 Å². The summed E-state index contributed by atoms with van der Waals surface area (Å²) >= 11 is 0. The first-order chi connectivity index (χ1) is 8.63. The molecule has 1 amide bonds. The molecule has 0 spiro atoms. The van der Waals surface area contributed by atoms with Gasteiger partial charge in [0.2, 0.25) is 5.91 Å². The molecule has 18 heavy (non-hydrogen) atoms. The summed E-state index contributed by atoms with van der Waals surface area (Å²) in [7, 11) is 0. The lowest BCUT2D eigenvalue weighted by Crippen LogP contribution is -2.54.